The van der Waals surface area contributed by atoms with E-state index >= 15 is 0 Å². The smallest absolute Gasteiger partial charge is 0.253 e. The Morgan fingerprint density at radius 3 is 2.59 bits per heavy atom. The molecule has 0 atom stereocenters. The molecule has 1 fully saturated rings. The fourth-order valence-corrected chi connectivity index (χ4v) is 3.29. The Labute approximate surface area is 161 Å². The molecule has 6 nitrogen and oxygen atoms in total. The van der Waals surface area contributed by atoms with Gasteiger partial charge in [-0.05, 0) is 37.1 Å². The van der Waals surface area contributed by atoms with Gasteiger partial charge in [0.1, 0.15) is 5.82 Å². The topological polar surface area (TPSA) is 57.7 Å². The molecule has 1 aromatic heterocycles. The van der Waals surface area contributed by atoms with Crippen LogP contribution in [-0.4, -0.2) is 62.2 Å². The zero-order chi connectivity index (χ0) is 19.1. The van der Waals surface area contributed by atoms with Crippen molar-refractivity contribution in [3.05, 3.63) is 54.2 Å². The number of piperidine rings is 1. The average Bonchev–Trinajstić information content (AvgIpc) is 2.73. The van der Waals surface area contributed by atoms with Crippen LogP contribution in [0.15, 0.2) is 48.7 Å². The Kier molecular flexibility index (Phi) is 6.79. The predicted octanol–water partition coefficient (Wildman–Crippen LogP) is 2.69. The zero-order valence-corrected chi connectivity index (χ0v) is 16.1. The van der Waals surface area contributed by atoms with E-state index in [1.165, 1.54) is 0 Å². The normalized spacial score (nSPS) is 15.5. The third-order valence-electron chi connectivity index (χ3n) is 5.03. The number of carbonyl (C=O) groups excluding carboxylic acids is 1. The van der Waals surface area contributed by atoms with Crippen molar-refractivity contribution in [2.75, 3.05) is 45.3 Å². The van der Waals surface area contributed by atoms with E-state index < -0.39 is 0 Å². The molecule has 0 saturated carbocycles. The molecular weight excluding hydrogens is 340 g/mol. The van der Waals surface area contributed by atoms with Crippen molar-refractivity contribution in [2.24, 2.45) is 0 Å². The maximum Gasteiger partial charge on any atom is 0.253 e. The number of hydrogen-bond donors (Lipinski definition) is 1. The second-order valence-corrected chi connectivity index (χ2v) is 6.88. The van der Waals surface area contributed by atoms with Gasteiger partial charge in [-0.25, -0.2) is 4.98 Å². The van der Waals surface area contributed by atoms with Crippen molar-refractivity contribution in [2.45, 2.75) is 18.9 Å². The lowest BCUT2D eigenvalue weighted by Gasteiger charge is -2.32. The van der Waals surface area contributed by atoms with Gasteiger partial charge in [0.2, 0.25) is 0 Å². The number of para-hydroxylation sites is 1. The minimum absolute atomic E-state index is 0.0493. The van der Waals surface area contributed by atoms with Crippen LogP contribution in [0.4, 0.5) is 11.5 Å². The highest BCUT2D eigenvalue weighted by atomic mass is 16.5. The van der Waals surface area contributed by atoms with Crippen molar-refractivity contribution in [3.63, 3.8) is 0 Å². The van der Waals surface area contributed by atoms with Crippen molar-refractivity contribution >= 4 is 17.4 Å². The summed E-state index contributed by atoms with van der Waals surface area (Å²) in [5.74, 6) is 0.760. The number of benzene rings is 1. The Morgan fingerprint density at radius 1 is 1.22 bits per heavy atom. The summed E-state index contributed by atoms with van der Waals surface area (Å²) in [5.41, 5.74) is 1.66. The number of ether oxygens (including phenoxy) is 1. The Hall–Kier alpha value is -2.44. The van der Waals surface area contributed by atoms with E-state index in [0.29, 0.717) is 5.56 Å². The number of methoxy groups -OCH3 is 1. The van der Waals surface area contributed by atoms with Crippen LogP contribution in [0.5, 0.6) is 0 Å². The SMILES string of the molecule is COCCN1CCC(NC(=O)c2ccc(N(C)c3ccccc3)nc2)CC1. The van der Waals surface area contributed by atoms with Gasteiger partial charge in [-0.1, -0.05) is 18.2 Å². The Morgan fingerprint density at radius 2 is 1.96 bits per heavy atom. The Balaban J connectivity index is 1.52. The fourth-order valence-electron chi connectivity index (χ4n) is 3.29. The number of amides is 1. The summed E-state index contributed by atoms with van der Waals surface area (Å²) < 4.78 is 5.13. The first kappa shape index (κ1) is 19.3. The van der Waals surface area contributed by atoms with Gasteiger partial charge in [-0.2, -0.15) is 0 Å². The molecule has 1 N–H and O–H groups in total. The summed E-state index contributed by atoms with van der Waals surface area (Å²) in [4.78, 5) is 21.4. The van der Waals surface area contributed by atoms with Crippen LogP contribution in [0, 0.1) is 0 Å². The van der Waals surface area contributed by atoms with Crippen LogP contribution in [0.3, 0.4) is 0 Å². The van der Waals surface area contributed by atoms with Crippen molar-refractivity contribution < 1.29 is 9.53 Å². The van der Waals surface area contributed by atoms with Gasteiger partial charge >= 0.3 is 0 Å². The number of carbonyl (C=O) groups is 1. The number of pyridine rings is 1. The molecule has 144 valence electrons. The monoisotopic (exact) mass is 368 g/mol. The quantitative estimate of drug-likeness (QED) is 0.814. The summed E-state index contributed by atoms with van der Waals surface area (Å²) in [5, 5.41) is 3.14. The van der Waals surface area contributed by atoms with Gasteiger partial charge in [-0.3, -0.25) is 4.79 Å². The Bertz CT molecular complexity index is 713. The van der Waals surface area contributed by atoms with E-state index in [1.807, 2.05) is 54.4 Å². The summed E-state index contributed by atoms with van der Waals surface area (Å²) in [6, 6.07) is 14.0. The highest BCUT2D eigenvalue weighted by Crippen LogP contribution is 2.21. The third-order valence-corrected chi connectivity index (χ3v) is 5.03. The molecule has 6 heteroatoms. The van der Waals surface area contributed by atoms with E-state index in [0.717, 1.165) is 50.6 Å². The fraction of sp³-hybridized carbons (Fsp3) is 0.429. The molecule has 1 saturated heterocycles. The van der Waals surface area contributed by atoms with Crippen LogP contribution in [0.2, 0.25) is 0 Å². The van der Waals surface area contributed by atoms with Crippen molar-refractivity contribution in [3.8, 4) is 0 Å². The number of nitrogens with zero attached hydrogens (tertiary/aromatic N) is 3. The zero-order valence-electron chi connectivity index (χ0n) is 16.1. The molecule has 0 aliphatic carbocycles. The van der Waals surface area contributed by atoms with E-state index in [-0.39, 0.29) is 11.9 Å². The van der Waals surface area contributed by atoms with Gasteiger partial charge in [0.15, 0.2) is 0 Å². The highest BCUT2D eigenvalue weighted by Gasteiger charge is 2.21. The van der Waals surface area contributed by atoms with Crippen LogP contribution in [0.1, 0.15) is 23.2 Å². The first-order chi connectivity index (χ1) is 13.2. The number of aromatic nitrogens is 1. The molecule has 1 aliphatic heterocycles. The first-order valence-electron chi connectivity index (χ1n) is 9.44. The van der Waals surface area contributed by atoms with Crippen LogP contribution >= 0.6 is 0 Å². The van der Waals surface area contributed by atoms with Gasteiger partial charge in [0.05, 0.1) is 12.2 Å². The molecule has 0 spiro atoms. The summed E-state index contributed by atoms with van der Waals surface area (Å²) in [6.07, 6.45) is 3.59. The lowest BCUT2D eigenvalue weighted by atomic mass is 10.0. The maximum atomic E-state index is 12.5. The predicted molar refractivity (Wildman–Crippen MR) is 108 cm³/mol. The molecule has 0 bridgehead atoms. The van der Waals surface area contributed by atoms with Gasteiger partial charge in [-0.15, -0.1) is 0 Å². The average molecular weight is 368 g/mol. The van der Waals surface area contributed by atoms with E-state index in [1.54, 1.807) is 13.3 Å². The molecular formula is C21H28N4O2. The van der Waals surface area contributed by atoms with Gasteiger partial charge in [0, 0.05) is 51.7 Å². The molecule has 2 aromatic rings. The molecule has 1 amide bonds. The molecule has 27 heavy (non-hydrogen) atoms. The van der Waals surface area contributed by atoms with E-state index in [4.69, 9.17) is 4.74 Å². The lowest BCUT2D eigenvalue weighted by molar-refractivity contribution is 0.0892. The summed E-state index contributed by atoms with van der Waals surface area (Å²) in [6.45, 7) is 3.70. The molecule has 0 unspecified atom stereocenters. The van der Waals surface area contributed by atoms with Crippen LogP contribution < -0.4 is 10.2 Å². The molecule has 3 rings (SSSR count). The van der Waals surface area contributed by atoms with Crippen molar-refractivity contribution in [1.29, 1.82) is 0 Å². The first-order valence-corrected chi connectivity index (χ1v) is 9.44. The minimum Gasteiger partial charge on any atom is -0.383 e. The number of anilines is 2. The van der Waals surface area contributed by atoms with Crippen LogP contribution in [0.25, 0.3) is 0 Å². The van der Waals surface area contributed by atoms with Gasteiger partial charge < -0.3 is 19.9 Å². The molecule has 0 radical (unpaired) electrons. The number of nitrogens with one attached hydrogen (secondary N) is 1. The second-order valence-electron chi connectivity index (χ2n) is 6.88. The maximum absolute atomic E-state index is 12.5. The molecule has 1 aromatic carbocycles. The van der Waals surface area contributed by atoms with E-state index in [9.17, 15) is 4.79 Å². The standard InChI is InChI=1S/C21H28N4O2/c1-24(19-6-4-3-5-7-19)20-9-8-17(16-22-20)21(26)23-18-10-12-25(13-11-18)14-15-27-2/h3-9,16,18H,10-15H2,1-2H3,(H,23,26). The molecule has 2 heterocycles. The minimum atomic E-state index is -0.0493. The van der Waals surface area contributed by atoms with E-state index in [2.05, 4.69) is 15.2 Å². The number of likely N-dealkylation sites (tertiary alicyclic amines) is 1. The summed E-state index contributed by atoms with van der Waals surface area (Å²) >= 11 is 0. The molecule has 1 aliphatic rings. The van der Waals surface area contributed by atoms with Crippen molar-refractivity contribution in [1.82, 2.24) is 15.2 Å². The largest absolute Gasteiger partial charge is 0.383 e. The van der Waals surface area contributed by atoms with Gasteiger partial charge in [0.25, 0.3) is 5.91 Å². The summed E-state index contributed by atoms with van der Waals surface area (Å²) in [7, 11) is 3.69. The number of rotatable bonds is 7. The third kappa shape index (κ3) is 5.28. The highest BCUT2D eigenvalue weighted by molar-refractivity contribution is 5.94. The number of hydrogen-bond acceptors (Lipinski definition) is 5. The second kappa shape index (κ2) is 9.48. The lowest BCUT2D eigenvalue weighted by Crippen LogP contribution is -2.45. The van der Waals surface area contributed by atoms with Crippen LogP contribution in [-0.2, 0) is 4.74 Å².